The Bertz CT molecular complexity index is 455. The maximum absolute atomic E-state index is 12.2. The van der Waals surface area contributed by atoms with Crippen LogP contribution in [0, 0.1) is 0 Å². The fourth-order valence-electron chi connectivity index (χ4n) is 1.94. The van der Waals surface area contributed by atoms with Gasteiger partial charge in [-0.1, -0.05) is 0 Å². The first-order valence-corrected chi connectivity index (χ1v) is 6.55. The van der Waals surface area contributed by atoms with Crippen LogP contribution in [0.4, 0.5) is 4.79 Å². The van der Waals surface area contributed by atoms with Gasteiger partial charge in [0.1, 0.15) is 11.8 Å². The van der Waals surface area contributed by atoms with Crippen LogP contribution in [-0.4, -0.2) is 45.8 Å². The van der Waals surface area contributed by atoms with Crippen LogP contribution >= 0.6 is 0 Å². The van der Waals surface area contributed by atoms with E-state index in [-0.39, 0.29) is 19.1 Å². The van der Waals surface area contributed by atoms with E-state index in [1.165, 1.54) is 6.26 Å². The van der Waals surface area contributed by atoms with Crippen molar-refractivity contribution in [2.75, 3.05) is 6.61 Å². The highest BCUT2D eigenvalue weighted by Crippen LogP contribution is 2.28. The number of urea groups is 1. The molecule has 0 aromatic carbocycles. The van der Waals surface area contributed by atoms with Gasteiger partial charge in [0.25, 0.3) is 0 Å². The minimum atomic E-state index is -1.15. The van der Waals surface area contributed by atoms with Crippen molar-refractivity contribution >= 4 is 12.0 Å². The smallest absolute Gasteiger partial charge is 0.326 e. The lowest BCUT2D eigenvalue weighted by molar-refractivity contribution is -0.139. The van der Waals surface area contributed by atoms with E-state index in [9.17, 15) is 9.59 Å². The van der Waals surface area contributed by atoms with Crippen molar-refractivity contribution in [2.45, 2.75) is 37.9 Å². The third-order valence-electron chi connectivity index (χ3n) is 3.17. The third kappa shape index (κ3) is 3.74. The number of aliphatic hydroxyl groups excluding tert-OH is 1. The summed E-state index contributed by atoms with van der Waals surface area (Å²) in [6, 6.07) is 2.12. The van der Waals surface area contributed by atoms with E-state index in [2.05, 4.69) is 5.32 Å². The summed E-state index contributed by atoms with van der Waals surface area (Å²) in [5.41, 5.74) is 0. The zero-order valence-corrected chi connectivity index (χ0v) is 11.0. The average molecular weight is 282 g/mol. The Hall–Kier alpha value is -2.02. The van der Waals surface area contributed by atoms with Crippen molar-refractivity contribution in [3.05, 3.63) is 24.2 Å². The fraction of sp³-hybridized carbons (Fsp3) is 0.538. The molecule has 3 N–H and O–H groups in total. The Morgan fingerprint density at radius 2 is 2.25 bits per heavy atom. The molecule has 0 radical (unpaired) electrons. The van der Waals surface area contributed by atoms with E-state index < -0.39 is 18.0 Å². The summed E-state index contributed by atoms with van der Waals surface area (Å²) < 4.78 is 5.21. The zero-order valence-electron chi connectivity index (χ0n) is 11.0. The molecular formula is C13H18N2O5. The van der Waals surface area contributed by atoms with Gasteiger partial charge in [-0.25, -0.2) is 9.59 Å². The van der Waals surface area contributed by atoms with E-state index in [1.54, 1.807) is 17.0 Å². The summed E-state index contributed by atoms with van der Waals surface area (Å²) in [5.74, 6) is -0.498. The van der Waals surface area contributed by atoms with Crippen LogP contribution in [0.25, 0.3) is 0 Å². The number of aliphatic hydroxyl groups is 1. The minimum Gasteiger partial charge on any atom is -0.480 e. The number of furan rings is 1. The predicted octanol–water partition coefficient (Wildman–Crippen LogP) is 0.789. The summed E-state index contributed by atoms with van der Waals surface area (Å²) in [4.78, 5) is 24.7. The minimum absolute atomic E-state index is 0.0136. The molecule has 20 heavy (non-hydrogen) atoms. The van der Waals surface area contributed by atoms with Crippen LogP contribution < -0.4 is 5.32 Å². The molecule has 7 nitrogen and oxygen atoms in total. The van der Waals surface area contributed by atoms with E-state index in [0.717, 1.165) is 12.8 Å². The second-order valence-electron chi connectivity index (χ2n) is 4.79. The number of hydrogen-bond acceptors (Lipinski definition) is 4. The van der Waals surface area contributed by atoms with E-state index in [1.807, 2.05) is 0 Å². The second-order valence-corrected chi connectivity index (χ2v) is 4.79. The predicted molar refractivity (Wildman–Crippen MR) is 68.9 cm³/mol. The lowest BCUT2D eigenvalue weighted by Gasteiger charge is -2.24. The topological polar surface area (TPSA) is 103 Å². The molecule has 1 fully saturated rings. The molecule has 1 heterocycles. The SMILES string of the molecule is O=C(O)[C@H](CCO)NC(=O)N(Cc1ccco1)C1CC1. The number of nitrogens with zero attached hydrogens (tertiary/aromatic N) is 1. The van der Waals surface area contributed by atoms with Gasteiger partial charge in [0.05, 0.1) is 12.8 Å². The maximum Gasteiger partial charge on any atom is 0.326 e. The molecule has 1 aliphatic carbocycles. The van der Waals surface area contributed by atoms with Crippen LogP contribution in [0.3, 0.4) is 0 Å². The number of carbonyl (C=O) groups excluding carboxylic acids is 1. The summed E-state index contributed by atoms with van der Waals surface area (Å²) in [6.45, 7) is 0.0216. The highest BCUT2D eigenvalue weighted by Gasteiger charge is 2.34. The Kier molecular flexibility index (Phi) is 4.62. The van der Waals surface area contributed by atoms with Gasteiger partial charge in [-0.2, -0.15) is 0 Å². The second kappa shape index (κ2) is 6.42. The van der Waals surface area contributed by atoms with Gasteiger partial charge in [0.15, 0.2) is 0 Å². The van der Waals surface area contributed by atoms with Crippen molar-refractivity contribution in [3.63, 3.8) is 0 Å². The van der Waals surface area contributed by atoms with Crippen molar-refractivity contribution in [1.29, 1.82) is 0 Å². The van der Waals surface area contributed by atoms with Gasteiger partial charge in [-0.3, -0.25) is 0 Å². The number of carboxylic acid groups (broad SMARTS) is 1. The van der Waals surface area contributed by atoms with Gasteiger partial charge >= 0.3 is 12.0 Å². The molecule has 2 rings (SSSR count). The Morgan fingerprint density at radius 1 is 1.50 bits per heavy atom. The first kappa shape index (κ1) is 14.4. The lowest BCUT2D eigenvalue weighted by atomic mass is 10.2. The normalized spacial score (nSPS) is 15.7. The first-order valence-electron chi connectivity index (χ1n) is 6.55. The molecule has 0 saturated heterocycles. The zero-order chi connectivity index (χ0) is 14.5. The number of rotatable bonds is 7. The quantitative estimate of drug-likeness (QED) is 0.686. The molecule has 1 aromatic heterocycles. The Balaban J connectivity index is 1.97. The Labute approximate surface area is 116 Å². The first-order chi connectivity index (χ1) is 9.61. The lowest BCUT2D eigenvalue weighted by Crippen LogP contribution is -2.48. The van der Waals surface area contributed by atoms with Crippen molar-refractivity contribution in [2.24, 2.45) is 0 Å². The number of nitrogens with one attached hydrogen (secondary N) is 1. The van der Waals surface area contributed by atoms with Gasteiger partial charge in [-0.05, 0) is 25.0 Å². The molecule has 1 atom stereocenters. The summed E-state index contributed by atoms with van der Waals surface area (Å²) >= 11 is 0. The van der Waals surface area contributed by atoms with Gasteiger partial charge in [0, 0.05) is 19.1 Å². The van der Waals surface area contributed by atoms with Crippen LogP contribution in [0.15, 0.2) is 22.8 Å². The number of aliphatic carboxylic acids is 1. The van der Waals surface area contributed by atoms with E-state index in [4.69, 9.17) is 14.6 Å². The molecule has 1 aliphatic rings. The highest BCUT2D eigenvalue weighted by molar-refractivity contribution is 5.82. The molecule has 0 spiro atoms. The van der Waals surface area contributed by atoms with Crippen molar-refractivity contribution < 1.29 is 24.2 Å². The van der Waals surface area contributed by atoms with Crippen LogP contribution in [0.5, 0.6) is 0 Å². The molecule has 0 aliphatic heterocycles. The molecule has 7 heteroatoms. The van der Waals surface area contributed by atoms with Crippen molar-refractivity contribution in [1.82, 2.24) is 10.2 Å². The van der Waals surface area contributed by atoms with Crippen LogP contribution in [0.2, 0.25) is 0 Å². The summed E-state index contributed by atoms with van der Waals surface area (Å²) in [6.07, 6.45) is 3.34. The number of amides is 2. The molecule has 1 aromatic rings. The van der Waals surface area contributed by atoms with E-state index >= 15 is 0 Å². The molecular weight excluding hydrogens is 264 g/mol. The van der Waals surface area contributed by atoms with Gasteiger partial charge in [-0.15, -0.1) is 0 Å². The third-order valence-corrected chi connectivity index (χ3v) is 3.17. The van der Waals surface area contributed by atoms with Gasteiger partial charge < -0.3 is 24.8 Å². The number of hydrogen-bond donors (Lipinski definition) is 3. The molecule has 0 bridgehead atoms. The van der Waals surface area contributed by atoms with Crippen LogP contribution in [0.1, 0.15) is 25.0 Å². The average Bonchev–Trinajstić information content (AvgIpc) is 3.12. The number of carbonyl (C=O) groups is 2. The Morgan fingerprint density at radius 3 is 2.75 bits per heavy atom. The maximum atomic E-state index is 12.2. The summed E-state index contributed by atoms with van der Waals surface area (Å²) in [5, 5.41) is 20.2. The molecule has 2 amide bonds. The van der Waals surface area contributed by atoms with Gasteiger partial charge in [0.2, 0.25) is 0 Å². The monoisotopic (exact) mass is 282 g/mol. The fourth-order valence-corrected chi connectivity index (χ4v) is 1.94. The highest BCUT2D eigenvalue weighted by atomic mass is 16.4. The molecule has 1 saturated carbocycles. The van der Waals surface area contributed by atoms with Crippen molar-refractivity contribution in [3.8, 4) is 0 Å². The summed E-state index contributed by atoms with van der Waals surface area (Å²) in [7, 11) is 0. The van der Waals surface area contributed by atoms with Crippen LogP contribution in [-0.2, 0) is 11.3 Å². The molecule has 0 unspecified atom stereocenters. The van der Waals surface area contributed by atoms with E-state index in [0.29, 0.717) is 12.3 Å². The largest absolute Gasteiger partial charge is 0.480 e. The molecule has 110 valence electrons. The standard InChI is InChI=1S/C13H18N2O5/c16-6-5-11(12(17)18)14-13(19)15(9-3-4-9)8-10-2-1-7-20-10/h1-2,7,9,11,16H,3-6,8H2,(H,14,19)(H,17,18)/t11-/m0/s1. The number of carboxylic acids is 1.